The molecule has 0 saturated carbocycles. The summed E-state index contributed by atoms with van der Waals surface area (Å²) in [6.07, 6.45) is 4.06. The first kappa shape index (κ1) is 23.2. The van der Waals surface area contributed by atoms with Crippen molar-refractivity contribution in [3.63, 3.8) is 0 Å². The lowest BCUT2D eigenvalue weighted by atomic mass is 9.85. The topological polar surface area (TPSA) is 95.5 Å². The van der Waals surface area contributed by atoms with Crippen LogP contribution in [0.5, 0.6) is 0 Å². The van der Waals surface area contributed by atoms with Crippen LogP contribution in [-0.4, -0.2) is 79.1 Å². The number of aromatic nitrogens is 2. The van der Waals surface area contributed by atoms with Gasteiger partial charge in [0.25, 0.3) is 0 Å². The van der Waals surface area contributed by atoms with Crippen LogP contribution in [0.1, 0.15) is 18.9 Å². The summed E-state index contributed by atoms with van der Waals surface area (Å²) >= 11 is 0. The lowest BCUT2D eigenvalue weighted by Crippen LogP contribution is -2.56. The van der Waals surface area contributed by atoms with Gasteiger partial charge in [-0.3, -0.25) is 9.69 Å². The highest BCUT2D eigenvalue weighted by Crippen LogP contribution is 2.37. The Morgan fingerprint density at radius 2 is 1.97 bits per heavy atom. The monoisotopic (exact) mass is 449 g/mol. The third-order valence-corrected chi connectivity index (χ3v) is 6.63. The van der Waals surface area contributed by atoms with E-state index in [4.69, 9.17) is 0 Å². The number of halogens is 1. The van der Waals surface area contributed by atoms with E-state index in [0.717, 1.165) is 24.2 Å². The van der Waals surface area contributed by atoms with E-state index in [1.165, 1.54) is 0 Å². The number of hydrogen-bond acceptors (Lipinski definition) is 6. The summed E-state index contributed by atoms with van der Waals surface area (Å²) in [6.45, 7) is 1.91. The highest BCUT2D eigenvalue weighted by Gasteiger charge is 2.54. The lowest BCUT2D eigenvalue weighted by Gasteiger charge is -2.38. The number of likely N-dealkylation sites (tertiary alicyclic amines) is 1. The van der Waals surface area contributed by atoms with Gasteiger partial charge in [0, 0.05) is 31.7 Å². The minimum atomic E-state index is -3.43. The summed E-state index contributed by atoms with van der Waals surface area (Å²) in [5.74, 6) is -0.217. The van der Waals surface area contributed by atoms with E-state index in [-0.39, 0.29) is 11.9 Å². The second-order valence-corrected chi connectivity index (χ2v) is 10.2. The molecule has 3 atom stereocenters. The Kier molecular flexibility index (Phi) is 6.45. The molecule has 1 amide bonds. The first-order valence-electron chi connectivity index (χ1n) is 9.92. The van der Waals surface area contributed by atoms with Crippen LogP contribution in [0, 0.1) is 5.82 Å². The van der Waals surface area contributed by atoms with Gasteiger partial charge in [-0.15, -0.1) is 0 Å². The zero-order chi connectivity index (χ0) is 23.0. The highest BCUT2D eigenvalue weighted by atomic mass is 32.2. The number of nitrogens with zero attached hydrogens (tertiary/aromatic N) is 4. The van der Waals surface area contributed by atoms with Crippen molar-refractivity contribution < 1.29 is 17.6 Å². The van der Waals surface area contributed by atoms with Crippen molar-refractivity contribution >= 4 is 15.9 Å². The van der Waals surface area contributed by atoms with Crippen LogP contribution in [0.4, 0.5) is 4.39 Å². The normalized spacial score (nSPS) is 24.3. The van der Waals surface area contributed by atoms with Crippen LogP contribution in [0.15, 0.2) is 36.7 Å². The second-order valence-electron chi connectivity index (χ2n) is 8.39. The zero-order valence-corrected chi connectivity index (χ0v) is 19.1. The number of amides is 1. The molecule has 0 spiro atoms. The largest absolute Gasteiger partial charge is 0.347 e. The van der Waals surface area contributed by atoms with Gasteiger partial charge in [-0.1, -0.05) is 18.2 Å². The molecule has 2 heterocycles. The van der Waals surface area contributed by atoms with Crippen molar-refractivity contribution in [2.75, 3.05) is 27.4 Å². The molecule has 3 rings (SSSR count). The first-order chi connectivity index (χ1) is 14.4. The number of benzene rings is 1. The Hall–Kier alpha value is -2.43. The summed E-state index contributed by atoms with van der Waals surface area (Å²) < 4.78 is 39.6. The number of sulfonamides is 1. The fourth-order valence-electron chi connectivity index (χ4n) is 4.30. The van der Waals surface area contributed by atoms with Crippen molar-refractivity contribution in [2.24, 2.45) is 0 Å². The Bertz CT molecular complexity index is 1060. The predicted molar refractivity (Wildman–Crippen MR) is 116 cm³/mol. The Morgan fingerprint density at radius 3 is 2.55 bits per heavy atom. The molecule has 1 fully saturated rings. The van der Waals surface area contributed by atoms with Crippen molar-refractivity contribution in [2.45, 2.75) is 37.4 Å². The van der Waals surface area contributed by atoms with Gasteiger partial charge in [0.15, 0.2) is 11.6 Å². The summed E-state index contributed by atoms with van der Waals surface area (Å²) in [6, 6.07) is 6.89. The summed E-state index contributed by atoms with van der Waals surface area (Å²) in [7, 11) is 1.82. The molecule has 1 saturated heterocycles. The van der Waals surface area contributed by atoms with E-state index in [0.29, 0.717) is 24.2 Å². The fourth-order valence-corrected chi connectivity index (χ4v) is 5.13. The molecule has 2 aromatic rings. The molecule has 10 heteroatoms. The summed E-state index contributed by atoms with van der Waals surface area (Å²) in [5.41, 5.74) is 0.664. The lowest BCUT2D eigenvalue weighted by molar-refractivity contribution is -0.140. The minimum absolute atomic E-state index is 0.0944. The molecule has 0 bridgehead atoms. The van der Waals surface area contributed by atoms with Gasteiger partial charge in [-0.05, 0) is 38.4 Å². The van der Waals surface area contributed by atoms with Crippen LogP contribution in [0.3, 0.4) is 0 Å². The van der Waals surface area contributed by atoms with Gasteiger partial charge >= 0.3 is 0 Å². The zero-order valence-electron chi connectivity index (χ0n) is 18.3. The Morgan fingerprint density at radius 1 is 1.32 bits per heavy atom. The molecule has 0 radical (unpaired) electrons. The molecule has 0 unspecified atom stereocenters. The number of carbonyl (C=O) groups excluding carboxylic acids is 1. The van der Waals surface area contributed by atoms with Gasteiger partial charge in [0.05, 0.1) is 18.6 Å². The maximum absolute atomic E-state index is 13.4. The van der Waals surface area contributed by atoms with Crippen LogP contribution in [0.25, 0.3) is 11.4 Å². The molecule has 1 aliphatic heterocycles. The Labute approximate surface area is 182 Å². The van der Waals surface area contributed by atoms with E-state index < -0.39 is 27.4 Å². The van der Waals surface area contributed by atoms with E-state index in [9.17, 15) is 17.6 Å². The molecule has 1 aliphatic rings. The van der Waals surface area contributed by atoms with Crippen LogP contribution >= 0.6 is 0 Å². The number of nitrogens with one attached hydrogen (secondary N) is 1. The second kappa shape index (κ2) is 8.60. The van der Waals surface area contributed by atoms with Crippen molar-refractivity contribution in [1.82, 2.24) is 24.5 Å². The van der Waals surface area contributed by atoms with Crippen molar-refractivity contribution in [3.8, 4) is 11.4 Å². The smallest absolute Gasteiger partial charge is 0.242 e. The van der Waals surface area contributed by atoms with E-state index in [1.807, 2.05) is 43.1 Å². The Balaban J connectivity index is 1.98. The minimum Gasteiger partial charge on any atom is -0.347 e. The average molecular weight is 450 g/mol. The SMILES string of the molecule is C[C@H]1[C@H](NS(C)(=O)=O)C[C@@](Cc2cccc(-c3ncc(F)cn3)c2)(C(=O)N(C)C)N1C. The molecule has 1 aromatic carbocycles. The third kappa shape index (κ3) is 4.91. The molecule has 0 aliphatic carbocycles. The van der Waals surface area contributed by atoms with Crippen LogP contribution < -0.4 is 4.72 Å². The van der Waals surface area contributed by atoms with Crippen LogP contribution in [-0.2, 0) is 21.2 Å². The van der Waals surface area contributed by atoms with Gasteiger partial charge in [-0.2, -0.15) is 0 Å². The van der Waals surface area contributed by atoms with Gasteiger partial charge < -0.3 is 4.90 Å². The third-order valence-electron chi connectivity index (χ3n) is 5.90. The number of rotatable bonds is 6. The summed E-state index contributed by atoms with van der Waals surface area (Å²) in [4.78, 5) is 24.9. The maximum atomic E-state index is 13.4. The van der Waals surface area contributed by atoms with Crippen LogP contribution in [0.2, 0.25) is 0 Å². The molecular formula is C21H28FN5O3S. The highest BCUT2D eigenvalue weighted by molar-refractivity contribution is 7.88. The van der Waals surface area contributed by atoms with E-state index in [2.05, 4.69) is 14.7 Å². The standard InChI is InChI=1S/C21H28FN5O3S/c1-14-18(25-31(5,29)30)11-21(27(14)4,20(28)26(2)3)10-15-7-6-8-16(9-15)19-23-12-17(22)13-24-19/h6-9,12-14,18,25H,10-11H2,1-5H3/t14-,18+,21-/m0/s1. The molecule has 168 valence electrons. The molecule has 1 N–H and O–H groups in total. The molecular weight excluding hydrogens is 421 g/mol. The molecule has 8 nitrogen and oxygen atoms in total. The molecule has 31 heavy (non-hydrogen) atoms. The molecule has 1 aromatic heterocycles. The van der Waals surface area contributed by atoms with Gasteiger partial charge in [-0.25, -0.2) is 27.5 Å². The quantitative estimate of drug-likeness (QED) is 0.714. The van der Waals surface area contributed by atoms with E-state index >= 15 is 0 Å². The maximum Gasteiger partial charge on any atom is 0.242 e. The number of carbonyl (C=O) groups is 1. The average Bonchev–Trinajstić information content (AvgIpc) is 2.92. The van der Waals surface area contributed by atoms with Crippen molar-refractivity contribution in [1.29, 1.82) is 0 Å². The number of likely N-dealkylation sites (N-methyl/N-ethyl adjacent to an activating group) is 2. The van der Waals surface area contributed by atoms with E-state index in [1.54, 1.807) is 19.0 Å². The number of hydrogen-bond donors (Lipinski definition) is 1. The van der Waals surface area contributed by atoms with Crippen molar-refractivity contribution in [3.05, 3.63) is 48.0 Å². The fraction of sp³-hybridized carbons (Fsp3) is 0.476. The predicted octanol–water partition coefficient (Wildman–Crippen LogP) is 1.29. The first-order valence-corrected chi connectivity index (χ1v) is 11.8. The summed E-state index contributed by atoms with van der Waals surface area (Å²) in [5, 5.41) is 0. The van der Waals surface area contributed by atoms with Gasteiger partial charge in [0.2, 0.25) is 15.9 Å². The van der Waals surface area contributed by atoms with Gasteiger partial charge in [0.1, 0.15) is 5.54 Å².